The van der Waals surface area contributed by atoms with E-state index < -0.39 is 18.9 Å². The Balaban J connectivity index is 3.72. The SMILES string of the molecule is CNC(C[C](F)F)C(C)=O. The largest absolute Gasteiger partial charge is 0.312 e. The molecule has 0 aromatic heterocycles. The molecule has 0 aliphatic heterocycles. The predicted molar refractivity (Wildman–Crippen MR) is 33.6 cm³/mol. The molecule has 0 saturated carbocycles. The normalized spacial score (nSPS) is 13.7. The molecule has 0 rings (SSSR count). The Morgan fingerprint density at radius 1 is 1.60 bits per heavy atom. The highest BCUT2D eigenvalue weighted by atomic mass is 19.3. The summed E-state index contributed by atoms with van der Waals surface area (Å²) < 4.78 is 23.1. The molecular weight excluding hydrogens is 140 g/mol. The number of ketones is 1. The van der Waals surface area contributed by atoms with Crippen molar-refractivity contribution in [2.24, 2.45) is 0 Å². The van der Waals surface area contributed by atoms with Crippen LogP contribution in [0.3, 0.4) is 0 Å². The van der Waals surface area contributed by atoms with Gasteiger partial charge in [0.1, 0.15) is 5.78 Å². The lowest BCUT2D eigenvalue weighted by atomic mass is 10.1. The van der Waals surface area contributed by atoms with E-state index in [0.29, 0.717) is 0 Å². The standard InChI is InChI=1S/C6H10F2NO/c1-4(10)5(9-2)3-6(7)8/h5,9H,3H2,1-2H3. The maximum Gasteiger partial charge on any atom is 0.312 e. The molecule has 0 fully saturated rings. The first kappa shape index (κ1) is 9.49. The van der Waals surface area contributed by atoms with Crippen molar-refractivity contribution >= 4 is 5.78 Å². The van der Waals surface area contributed by atoms with E-state index in [2.05, 4.69) is 5.32 Å². The second-order valence-corrected chi connectivity index (χ2v) is 1.99. The molecule has 10 heavy (non-hydrogen) atoms. The molecule has 0 aromatic rings. The minimum atomic E-state index is -1.71. The van der Waals surface area contributed by atoms with Crippen LogP contribution in [0.4, 0.5) is 8.78 Å². The van der Waals surface area contributed by atoms with E-state index in [1.165, 1.54) is 14.0 Å². The molecule has 59 valence electrons. The zero-order chi connectivity index (χ0) is 8.15. The molecule has 0 aliphatic rings. The van der Waals surface area contributed by atoms with E-state index in [4.69, 9.17) is 0 Å². The fraction of sp³-hybridized carbons (Fsp3) is 0.667. The maximum atomic E-state index is 11.6. The summed E-state index contributed by atoms with van der Waals surface area (Å²) in [5.41, 5.74) is 0. The van der Waals surface area contributed by atoms with Crippen molar-refractivity contribution in [2.45, 2.75) is 19.4 Å². The van der Waals surface area contributed by atoms with Crippen LogP contribution in [0.15, 0.2) is 0 Å². The summed E-state index contributed by atoms with van der Waals surface area (Å²) in [7, 11) is 1.48. The van der Waals surface area contributed by atoms with Gasteiger partial charge >= 0.3 is 6.43 Å². The summed E-state index contributed by atoms with van der Waals surface area (Å²) in [6.07, 6.45) is -2.19. The highest BCUT2D eigenvalue weighted by molar-refractivity contribution is 5.81. The van der Waals surface area contributed by atoms with Gasteiger partial charge in [0.2, 0.25) is 0 Å². The Hall–Kier alpha value is -0.510. The van der Waals surface area contributed by atoms with Crippen LogP contribution < -0.4 is 5.32 Å². The van der Waals surface area contributed by atoms with Crippen LogP contribution in [-0.4, -0.2) is 18.9 Å². The molecule has 1 atom stereocenters. The molecule has 0 spiro atoms. The van der Waals surface area contributed by atoms with Gasteiger partial charge in [-0.25, -0.2) is 0 Å². The van der Waals surface area contributed by atoms with Gasteiger partial charge in [-0.2, -0.15) is 8.78 Å². The van der Waals surface area contributed by atoms with Crippen molar-refractivity contribution < 1.29 is 13.6 Å². The van der Waals surface area contributed by atoms with Crippen LogP contribution in [0.25, 0.3) is 0 Å². The Morgan fingerprint density at radius 2 is 2.10 bits per heavy atom. The number of carbonyl (C=O) groups is 1. The number of Topliss-reactive ketones (excluding diaryl/α,β-unsaturated/α-hetero) is 1. The molecule has 0 bridgehead atoms. The summed E-state index contributed by atoms with van der Waals surface area (Å²) in [4.78, 5) is 10.5. The number of hydrogen-bond donors (Lipinski definition) is 1. The Kier molecular flexibility index (Phi) is 4.11. The molecule has 1 unspecified atom stereocenters. The van der Waals surface area contributed by atoms with Crippen molar-refractivity contribution in [2.75, 3.05) is 7.05 Å². The van der Waals surface area contributed by atoms with Gasteiger partial charge < -0.3 is 5.32 Å². The maximum absolute atomic E-state index is 11.6. The lowest BCUT2D eigenvalue weighted by Crippen LogP contribution is -2.32. The smallest absolute Gasteiger partial charge is 0.310 e. The van der Waals surface area contributed by atoms with Gasteiger partial charge in [0.05, 0.1) is 6.04 Å². The highest BCUT2D eigenvalue weighted by Gasteiger charge is 2.18. The third kappa shape index (κ3) is 3.50. The topological polar surface area (TPSA) is 29.1 Å². The van der Waals surface area contributed by atoms with Gasteiger partial charge in [-0.1, -0.05) is 0 Å². The average Bonchev–Trinajstić information content (AvgIpc) is 1.81. The fourth-order valence-electron chi connectivity index (χ4n) is 0.603. The van der Waals surface area contributed by atoms with E-state index in [1.54, 1.807) is 0 Å². The molecule has 0 heterocycles. The van der Waals surface area contributed by atoms with Crippen molar-refractivity contribution in [3.8, 4) is 0 Å². The van der Waals surface area contributed by atoms with Crippen molar-refractivity contribution in [3.63, 3.8) is 0 Å². The lowest BCUT2D eigenvalue weighted by molar-refractivity contribution is -0.119. The van der Waals surface area contributed by atoms with Crippen LogP contribution in [0.5, 0.6) is 0 Å². The summed E-state index contributed by atoms with van der Waals surface area (Å²) in [6.45, 7) is 1.28. The molecule has 2 nitrogen and oxygen atoms in total. The summed E-state index contributed by atoms with van der Waals surface area (Å²) in [5, 5.41) is 2.48. The minimum Gasteiger partial charge on any atom is -0.310 e. The summed E-state index contributed by atoms with van der Waals surface area (Å²) in [6, 6.07) is -0.731. The monoisotopic (exact) mass is 150 g/mol. The van der Waals surface area contributed by atoms with Crippen LogP contribution in [0.1, 0.15) is 13.3 Å². The second-order valence-electron chi connectivity index (χ2n) is 1.99. The summed E-state index contributed by atoms with van der Waals surface area (Å²) in [5.74, 6) is -0.268. The van der Waals surface area contributed by atoms with Crippen LogP contribution in [0.2, 0.25) is 0 Å². The molecule has 1 N–H and O–H groups in total. The van der Waals surface area contributed by atoms with Gasteiger partial charge in [-0.3, -0.25) is 4.79 Å². The number of nitrogens with one attached hydrogen (secondary N) is 1. The molecular formula is C6H10F2NO. The first-order valence-corrected chi connectivity index (χ1v) is 2.92. The molecule has 0 saturated heterocycles. The summed E-state index contributed by atoms with van der Waals surface area (Å²) >= 11 is 0. The highest BCUT2D eigenvalue weighted by Crippen LogP contribution is 2.11. The van der Waals surface area contributed by atoms with Crippen LogP contribution in [-0.2, 0) is 4.79 Å². The number of likely N-dealkylation sites (N-methyl/N-ethyl adjacent to an activating group) is 1. The number of halogens is 2. The van der Waals surface area contributed by atoms with Gasteiger partial charge in [-0.05, 0) is 14.0 Å². The molecule has 0 amide bonds. The zero-order valence-electron chi connectivity index (χ0n) is 5.95. The fourth-order valence-corrected chi connectivity index (χ4v) is 0.603. The quantitative estimate of drug-likeness (QED) is 0.647. The Morgan fingerprint density at radius 3 is 2.20 bits per heavy atom. The number of hydrogen-bond acceptors (Lipinski definition) is 2. The van der Waals surface area contributed by atoms with E-state index in [-0.39, 0.29) is 5.78 Å². The Labute approximate surface area is 58.6 Å². The van der Waals surface area contributed by atoms with Crippen LogP contribution in [0, 0.1) is 6.43 Å². The van der Waals surface area contributed by atoms with Gasteiger partial charge in [0.15, 0.2) is 0 Å². The molecule has 4 heteroatoms. The van der Waals surface area contributed by atoms with Gasteiger partial charge in [0, 0.05) is 6.42 Å². The zero-order valence-corrected chi connectivity index (χ0v) is 5.95. The predicted octanol–water partition coefficient (Wildman–Crippen LogP) is 0.982. The van der Waals surface area contributed by atoms with Crippen molar-refractivity contribution in [3.05, 3.63) is 6.43 Å². The van der Waals surface area contributed by atoms with Crippen molar-refractivity contribution in [1.29, 1.82) is 0 Å². The second kappa shape index (κ2) is 4.33. The first-order chi connectivity index (χ1) is 4.57. The van der Waals surface area contributed by atoms with E-state index in [1.807, 2.05) is 0 Å². The third-order valence-corrected chi connectivity index (χ3v) is 1.20. The number of rotatable bonds is 4. The Bertz CT molecular complexity index is 116. The van der Waals surface area contributed by atoms with E-state index in [9.17, 15) is 13.6 Å². The first-order valence-electron chi connectivity index (χ1n) is 2.92. The van der Waals surface area contributed by atoms with Gasteiger partial charge in [0.25, 0.3) is 0 Å². The number of carbonyl (C=O) groups excluding carboxylic acids is 1. The molecule has 0 aromatic carbocycles. The van der Waals surface area contributed by atoms with Crippen LogP contribution >= 0.6 is 0 Å². The average molecular weight is 150 g/mol. The van der Waals surface area contributed by atoms with E-state index >= 15 is 0 Å². The molecule has 0 aliphatic carbocycles. The molecule has 1 radical (unpaired) electrons. The minimum absolute atomic E-state index is 0.268. The van der Waals surface area contributed by atoms with Gasteiger partial charge in [-0.15, -0.1) is 0 Å². The van der Waals surface area contributed by atoms with Crippen molar-refractivity contribution in [1.82, 2.24) is 5.32 Å². The third-order valence-electron chi connectivity index (χ3n) is 1.20. The lowest BCUT2D eigenvalue weighted by Gasteiger charge is -2.09. The van der Waals surface area contributed by atoms with E-state index in [0.717, 1.165) is 0 Å².